The lowest BCUT2D eigenvalue weighted by Crippen LogP contribution is -2.39. The zero-order valence-corrected chi connectivity index (χ0v) is 13.0. The van der Waals surface area contributed by atoms with Crippen LogP contribution < -0.4 is 4.72 Å². The van der Waals surface area contributed by atoms with Gasteiger partial charge < -0.3 is 4.74 Å². The highest BCUT2D eigenvalue weighted by molar-refractivity contribution is 7.92. The predicted molar refractivity (Wildman–Crippen MR) is 77.0 cm³/mol. The van der Waals surface area contributed by atoms with E-state index in [1.807, 2.05) is 0 Å². The van der Waals surface area contributed by atoms with Crippen LogP contribution in [0.1, 0.15) is 18.9 Å². The van der Waals surface area contributed by atoms with Gasteiger partial charge >= 0.3 is 0 Å². The maximum atomic E-state index is 12.2. The molecule has 0 radical (unpaired) electrons. The zero-order chi connectivity index (χ0) is 14.9. The lowest BCUT2D eigenvalue weighted by atomic mass is 9.96. The number of rotatable bonds is 4. The third-order valence-electron chi connectivity index (χ3n) is 3.21. The Labute approximate surface area is 122 Å². The maximum Gasteiger partial charge on any atom is 0.273 e. The van der Waals surface area contributed by atoms with Crippen molar-refractivity contribution in [2.75, 3.05) is 6.61 Å². The molecule has 1 saturated heterocycles. The summed E-state index contributed by atoms with van der Waals surface area (Å²) in [7, 11) is -3.80. The van der Waals surface area contributed by atoms with Gasteiger partial charge in [0.15, 0.2) is 0 Å². The van der Waals surface area contributed by atoms with E-state index in [0.29, 0.717) is 18.6 Å². The Hall–Kier alpha value is -1.18. The lowest BCUT2D eigenvalue weighted by molar-refractivity contribution is -0.124. The lowest BCUT2D eigenvalue weighted by Gasteiger charge is -2.18. The summed E-state index contributed by atoms with van der Waals surface area (Å²) >= 11 is 1.10. The van der Waals surface area contributed by atoms with Gasteiger partial charge in [-0.3, -0.25) is 4.79 Å². The topological polar surface area (TPSA) is 72.5 Å². The minimum atomic E-state index is -3.80. The minimum absolute atomic E-state index is 0.177. The van der Waals surface area contributed by atoms with E-state index in [2.05, 4.69) is 11.3 Å². The average Bonchev–Trinajstić information content (AvgIpc) is 2.95. The van der Waals surface area contributed by atoms with E-state index in [0.717, 1.165) is 16.9 Å². The Morgan fingerprint density at radius 3 is 2.80 bits per heavy atom. The van der Waals surface area contributed by atoms with Crippen molar-refractivity contribution >= 4 is 27.3 Å². The highest BCUT2D eigenvalue weighted by Gasteiger charge is 2.36. The number of hydrogen-bond donors (Lipinski definition) is 1. The van der Waals surface area contributed by atoms with E-state index in [1.165, 1.54) is 0 Å². The van der Waals surface area contributed by atoms with Crippen LogP contribution in [0.3, 0.4) is 0 Å². The fourth-order valence-electron chi connectivity index (χ4n) is 2.23. The molecule has 0 bridgehead atoms. The average molecular weight is 315 g/mol. The Morgan fingerprint density at radius 1 is 1.55 bits per heavy atom. The Morgan fingerprint density at radius 2 is 2.25 bits per heavy atom. The van der Waals surface area contributed by atoms with Gasteiger partial charge in [-0.15, -0.1) is 11.3 Å². The van der Waals surface area contributed by atoms with Crippen LogP contribution in [0, 0.1) is 12.8 Å². The van der Waals surface area contributed by atoms with Gasteiger partial charge in [0.25, 0.3) is 10.0 Å². The van der Waals surface area contributed by atoms with Gasteiger partial charge in [0.1, 0.15) is 4.21 Å². The van der Waals surface area contributed by atoms with Gasteiger partial charge in [-0.05, 0) is 37.3 Å². The van der Waals surface area contributed by atoms with Crippen molar-refractivity contribution in [3.63, 3.8) is 0 Å². The summed E-state index contributed by atoms with van der Waals surface area (Å²) < 4.78 is 32.1. The summed E-state index contributed by atoms with van der Waals surface area (Å²) in [6.45, 7) is 7.69. The van der Waals surface area contributed by atoms with Crippen LogP contribution in [-0.2, 0) is 19.6 Å². The molecular weight excluding hydrogens is 298 g/mol. The van der Waals surface area contributed by atoms with Crippen molar-refractivity contribution in [2.24, 2.45) is 5.92 Å². The largest absolute Gasteiger partial charge is 0.373 e. The zero-order valence-electron chi connectivity index (χ0n) is 11.4. The molecule has 110 valence electrons. The number of hydrogen-bond acceptors (Lipinski definition) is 5. The first kappa shape index (κ1) is 15.2. The van der Waals surface area contributed by atoms with Crippen LogP contribution in [0.4, 0.5) is 0 Å². The predicted octanol–water partition coefficient (Wildman–Crippen LogP) is 1.84. The van der Waals surface area contributed by atoms with E-state index in [9.17, 15) is 13.2 Å². The van der Waals surface area contributed by atoms with Crippen LogP contribution in [0.5, 0.6) is 0 Å². The molecule has 1 fully saturated rings. The number of carbonyl (C=O) groups is 1. The normalized spacial score (nSPS) is 22.7. The SMILES string of the molecule is C=C(C)[C@@H]1OCC[C@@H]1C(=O)NS(=O)(=O)c1sccc1C. The Bertz CT molecular complexity index is 633. The molecule has 0 spiro atoms. The number of nitrogens with one attached hydrogen (secondary N) is 1. The molecule has 2 heterocycles. The van der Waals surface area contributed by atoms with E-state index in [4.69, 9.17) is 4.74 Å². The molecule has 1 aliphatic heterocycles. The molecule has 7 heteroatoms. The molecule has 1 N–H and O–H groups in total. The highest BCUT2D eigenvalue weighted by Crippen LogP contribution is 2.27. The molecule has 0 aromatic carbocycles. The summed E-state index contributed by atoms with van der Waals surface area (Å²) in [4.78, 5) is 12.2. The van der Waals surface area contributed by atoms with Gasteiger partial charge in [-0.2, -0.15) is 0 Å². The first-order valence-electron chi connectivity index (χ1n) is 6.20. The second kappa shape index (κ2) is 5.67. The summed E-state index contributed by atoms with van der Waals surface area (Å²) in [6, 6.07) is 1.71. The molecular formula is C13H17NO4S2. The van der Waals surface area contributed by atoms with E-state index in [-0.39, 0.29) is 4.21 Å². The summed E-state index contributed by atoms with van der Waals surface area (Å²) in [6.07, 6.45) is 0.0945. The molecule has 2 atom stereocenters. The van der Waals surface area contributed by atoms with Crippen LogP contribution >= 0.6 is 11.3 Å². The van der Waals surface area contributed by atoms with Crippen molar-refractivity contribution in [2.45, 2.75) is 30.6 Å². The van der Waals surface area contributed by atoms with Crippen molar-refractivity contribution in [1.82, 2.24) is 4.72 Å². The van der Waals surface area contributed by atoms with E-state index in [1.54, 1.807) is 25.3 Å². The second-order valence-electron chi connectivity index (χ2n) is 4.89. The first-order valence-corrected chi connectivity index (χ1v) is 8.57. The molecule has 0 saturated carbocycles. The fourth-order valence-corrected chi connectivity index (χ4v) is 4.68. The molecule has 0 aliphatic carbocycles. The van der Waals surface area contributed by atoms with Crippen LogP contribution in [0.25, 0.3) is 0 Å². The van der Waals surface area contributed by atoms with Gasteiger partial charge in [-0.25, -0.2) is 13.1 Å². The summed E-state index contributed by atoms with van der Waals surface area (Å²) in [5, 5.41) is 1.68. The molecule has 1 amide bonds. The molecule has 20 heavy (non-hydrogen) atoms. The van der Waals surface area contributed by atoms with E-state index < -0.39 is 28.0 Å². The van der Waals surface area contributed by atoms with Gasteiger partial charge in [0.05, 0.1) is 12.0 Å². The third kappa shape index (κ3) is 2.94. The second-order valence-corrected chi connectivity index (χ2v) is 7.69. The quantitative estimate of drug-likeness (QED) is 0.861. The monoisotopic (exact) mass is 315 g/mol. The number of ether oxygens (including phenoxy) is 1. The molecule has 0 unspecified atom stereocenters. The number of carbonyl (C=O) groups excluding carboxylic acids is 1. The Kier molecular flexibility index (Phi) is 4.31. The number of thiophene rings is 1. The standard InChI is InChI=1S/C13H17NO4S2/c1-8(2)11-10(4-6-18-11)12(15)14-20(16,17)13-9(3)5-7-19-13/h5,7,10-11H,1,4,6H2,2-3H3,(H,14,15)/t10-,11-/m0/s1. The molecule has 5 nitrogen and oxygen atoms in total. The van der Waals surface area contributed by atoms with Crippen molar-refractivity contribution in [3.8, 4) is 0 Å². The van der Waals surface area contributed by atoms with Crippen molar-refractivity contribution in [1.29, 1.82) is 0 Å². The van der Waals surface area contributed by atoms with Gasteiger partial charge in [0.2, 0.25) is 5.91 Å². The smallest absolute Gasteiger partial charge is 0.273 e. The number of aryl methyl sites for hydroxylation is 1. The van der Waals surface area contributed by atoms with Crippen LogP contribution in [-0.4, -0.2) is 27.0 Å². The van der Waals surface area contributed by atoms with E-state index >= 15 is 0 Å². The molecule has 1 aromatic heterocycles. The Balaban J connectivity index is 2.16. The maximum absolute atomic E-state index is 12.2. The van der Waals surface area contributed by atoms with Gasteiger partial charge in [0, 0.05) is 6.61 Å². The van der Waals surface area contributed by atoms with Crippen LogP contribution in [0.2, 0.25) is 0 Å². The summed E-state index contributed by atoms with van der Waals surface area (Å²) in [5.41, 5.74) is 1.36. The highest BCUT2D eigenvalue weighted by atomic mass is 32.2. The first-order chi connectivity index (χ1) is 9.33. The van der Waals surface area contributed by atoms with Crippen molar-refractivity contribution < 1.29 is 17.9 Å². The van der Waals surface area contributed by atoms with Crippen LogP contribution in [0.15, 0.2) is 27.8 Å². The summed E-state index contributed by atoms with van der Waals surface area (Å²) in [5.74, 6) is -1.02. The number of amides is 1. The number of sulfonamides is 1. The fraction of sp³-hybridized carbons (Fsp3) is 0.462. The molecule has 1 aromatic rings. The minimum Gasteiger partial charge on any atom is -0.373 e. The molecule has 2 rings (SSSR count). The van der Waals surface area contributed by atoms with Crippen molar-refractivity contribution in [3.05, 3.63) is 29.2 Å². The molecule has 1 aliphatic rings. The van der Waals surface area contributed by atoms with Gasteiger partial charge in [-0.1, -0.05) is 12.2 Å². The third-order valence-corrected chi connectivity index (χ3v) is 6.24.